The number of nitriles is 1. The first-order chi connectivity index (χ1) is 4.18. The fraction of sp³-hybridized carbons (Fsp3) is 0.857. The lowest BCUT2D eigenvalue weighted by molar-refractivity contribution is 0.0371. The molecule has 0 rings (SSSR count). The Morgan fingerprint density at radius 1 is 1.44 bits per heavy atom. The molecule has 9 heavy (non-hydrogen) atoms. The van der Waals surface area contributed by atoms with Crippen LogP contribution < -0.4 is 0 Å². The first-order valence-electron chi connectivity index (χ1n) is 3.28. The van der Waals surface area contributed by atoms with E-state index in [9.17, 15) is 5.11 Å². The summed E-state index contributed by atoms with van der Waals surface area (Å²) in [6.07, 6.45) is 1.58. The molecule has 0 saturated heterocycles. The maximum atomic E-state index is 9.41. The Balaban J connectivity index is 3.80. The van der Waals surface area contributed by atoms with Crippen LogP contribution in [0.25, 0.3) is 0 Å². The van der Waals surface area contributed by atoms with E-state index in [0.717, 1.165) is 0 Å². The lowest BCUT2D eigenvalue weighted by Crippen LogP contribution is -2.25. The predicted molar refractivity (Wildman–Crippen MR) is 35.8 cm³/mol. The van der Waals surface area contributed by atoms with Gasteiger partial charge in [0.2, 0.25) is 0 Å². The van der Waals surface area contributed by atoms with E-state index in [4.69, 9.17) is 5.26 Å². The van der Waals surface area contributed by atoms with Gasteiger partial charge in [0.15, 0.2) is 0 Å². The minimum absolute atomic E-state index is 0.250. The largest absolute Gasteiger partial charge is 0.389 e. The number of rotatable bonds is 3. The number of aliphatic hydroxyl groups is 1. The topological polar surface area (TPSA) is 44.0 Å². The van der Waals surface area contributed by atoms with E-state index in [0.29, 0.717) is 12.8 Å². The van der Waals surface area contributed by atoms with Crippen molar-refractivity contribution in [2.45, 2.75) is 38.7 Å². The Bertz CT molecular complexity index is 111. The summed E-state index contributed by atoms with van der Waals surface area (Å²) in [7, 11) is 0. The van der Waals surface area contributed by atoms with Gasteiger partial charge < -0.3 is 5.11 Å². The van der Waals surface area contributed by atoms with Crippen molar-refractivity contribution in [3.05, 3.63) is 0 Å². The maximum absolute atomic E-state index is 9.41. The molecule has 0 aliphatic heterocycles. The molecule has 0 spiro atoms. The molecule has 0 heterocycles. The third-order valence-electron chi connectivity index (χ3n) is 1.72. The van der Waals surface area contributed by atoms with Gasteiger partial charge in [0.25, 0.3) is 0 Å². The van der Waals surface area contributed by atoms with Crippen molar-refractivity contribution in [3.8, 4) is 6.07 Å². The standard InChI is InChI=1S/C7H13NO/c1-3-7(9,4-2)5-6-8/h9H,3-5H2,1-2H3. The van der Waals surface area contributed by atoms with E-state index < -0.39 is 5.60 Å². The van der Waals surface area contributed by atoms with Crippen molar-refractivity contribution in [2.75, 3.05) is 0 Å². The highest BCUT2D eigenvalue weighted by atomic mass is 16.3. The van der Waals surface area contributed by atoms with Crippen molar-refractivity contribution in [2.24, 2.45) is 0 Å². The zero-order chi connectivity index (χ0) is 7.33. The van der Waals surface area contributed by atoms with Crippen molar-refractivity contribution >= 4 is 0 Å². The molecular formula is C7H13NO. The zero-order valence-electron chi connectivity index (χ0n) is 6.02. The molecule has 0 aliphatic rings. The fourth-order valence-electron chi connectivity index (χ4n) is 0.647. The molecule has 0 unspecified atom stereocenters. The SMILES string of the molecule is CCC(O)(CC)CC#N. The lowest BCUT2D eigenvalue weighted by Gasteiger charge is -2.20. The van der Waals surface area contributed by atoms with Crippen molar-refractivity contribution < 1.29 is 5.11 Å². The normalized spacial score (nSPS) is 10.9. The van der Waals surface area contributed by atoms with Gasteiger partial charge in [-0.1, -0.05) is 13.8 Å². The van der Waals surface area contributed by atoms with Crippen LogP contribution in [0.3, 0.4) is 0 Å². The predicted octanol–water partition coefficient (Wildman–Crippen LogP) is 1.45. The van der Waals surface area contributed by atoms with Crippen molar-refractivity contribution in [1.82, 2.24) is 0 Å². The number of hydrogen-bond acceptors (Lipinski definition) is 2. The van der Waals surface area contributed by atoms with Gasteiger partial charge in [0.05, 0.1) is 18.1 Å². The van der Waals surface area contributed by atoms with Crippen LogP contribution in [0, 0.1) is 11.3 Å². The minimum atomic E-state index is -0.727. The smallest absolute Gasteiger partial charge is 0.0772 e. The van der Waals surface area contributed by atoms with Crippen LogP contribution in [0.4, 0.5) is 0 Å². The lowest BCUT2D eigenvalue weighted by atomic mass is 9.94. The van der Waals surface area contributed by atoms with E-state index in [1.807, 2.05) is 19.9 Å². The Hall–Kier alpha value is -0.550. The van der Waals surface area contributed by atoms with Crippen molar-refractivity contribution in [1.29, 1.82) is 5.26 Å². The minimum Gasteiger partial charge on any atom is -0.389 e. The number of nitrogens with zero attached hydrogens (tertiary/aromatic N) is 1. The van der Waals surface area contributed by atoms with Gasteiger partial charge in [-0.05, 0) is 12.8 Å². The molecule has 0 aromatic heterocycles. The van der Waals surface area contributed by atoms with Gasteiger partial charge in [-0.3, -0.25) is 0 Å². The fourth-order valence-corrected chi connectivity index (χ4v) is 0.647. The molecule has 0 aromatic rings. The maximum Gasteiger partial charge on any atom is 0.0772 e. The molecule has 52 valence electrons. The summed E-state index contributed by atoms with van der Waals surface area (Å²) in [6, 6.07) is 1.96. The molecule has 0 aliphatic carbocycles. The third kappa shape index (κ3) is 2.48. The van der Waals surface area contributed by atoms with Gasteiger partial charge >= 0.3 is 0 Å². The molecule has 0 bridgehead atoms. The molecule has 2 nitrogen and oxygen atoms in total. The molecule has 0 fully saturated rings. The van der Waals surface area contributed by atoms with Crippen LogP contribution in [-0.2, 0) is 0 Å². The van der Waals surface area contributed by atoms with Gasteiger partial charge in [-0.2, -0.15) is 5.26 Å². The molecular weight excluding hydrogens is 114 g/mol. The van der Waals surface area contributed by atoms with Gasteiger partial charge in [-0.15, -0.1) is 0 Å². The summed E-state index contributed by atoms with van der Waals surface area (Å²) < 4.78 is 0. The highest BCUT2D eigenvalue weighted by molar-refractivity contribution is 4.86. The Morgan fingerprint density at radius 3 is 2.00 bits per heavy atom. The van der Waals surface area contributed by atoms with E-state index in [1.165, 1.54) is 0 Å². The van der Waals surface area contributed by atoms with Gasteiger partial charge in [0.1, 0.15) is 0 Å². The van der Waals surface area contributed by atoms with Crippen molar-refractivity contribution in [3.63, 3.8) is 0 Å². The second-order valence-corrected chi connectivity index (χ2v) is 2.27. The van der Waals surface area contributed by atoms with Gasteiger partial charge in [0, 0.05) is 0 Å². The molecule has 0 atom stereocenters. The Labute approximate surface area is 56.1 Å². The average molecular weight is 127 g/mol. The van der Waals surface area contributed by atoms with Crippen LogP contribution in [0.1, 0.15) is 33.1 Å². The highest BCUT2D eigenvalue weighted by Crippen LogP contribution is 2.17. The summed E-state index contributed by atoms with van der Waals surface area (Å²) in [4.78, 5) is 0. The van der Waals surface area contributed by atoms with Crippen LogP contribution in [0.15, 0.2) is 0 Å². The Morgan fingerprint density at radius 2 is 1.89 bits per heavy atom. The third-order valence-corrected chi connectivity index (χ3v) is 1.72. The first-order valence-corrected chi connectivity index (χ1v) is 3.28. The average Bonchev–Trinajstić information content (AvgIpc) is 1.89. The summed E-state index contributed by atoms with van der Waals surface area (Å²) in [5.74, 6) is 0. The zero-order valence-corrected chi connectivity index (χ0v) is 6.02. The second kappa shape index (κ2) is 3.47. The summed E-state index contributed by atoms with van der Waals surface area (Å²) in [6.45, 7) is 3.78. The quantitative estimate of drug-likeness (QED) is 0.623. The van der Waals surface area contributed by atoms with E-state index >= 15 is 0 Å². The molecule has 2 heteroatoms. The monoisotopic (exact) mass is 127 g/mol. The molecule has 0 saturated carbocycles. The summed E-state index contributed by atoms with van der Waals surface area (Å²) >= 11 is 0. The van der Waals surface area contributed by atoms with E-state index in [1.54, 1.807) is 0 Å². The van der Waals surface area contributed by atoms with Crippen LogP contribution in [0.5, 0.6) is 0 Å². The first kappa shape index (κ1) is 8.45. The summed E-state index contributed by atoms with van der Waals surface area (Å²) in [5, 5.41) is 17.7. The van der Waals surface area contributed by atoms with Crippen LogP contribution in [-0.4, -0.2) is 10.7 Å². The Kier molecular flexibility index (Phi) is 3.26. The molecule has 1 N–H and O–H groups in total. The molecule has 0 amide bonds. The van der Waals surface area contributed by atoms with Gasteiger partial charge in [-0.25, -0.2) is 0 Å². The number of hydrogen-bond donors (Lipinski definition) is 1. The van der Waals surface area contributed by atoms with E-state index in [-0.39, 0.29) is 6.42 Å². The molecule has 0 radical (unpaired) electrons. The van der Waals surface area contributed by atoms with E-state index in [2.05, 4.69) is 0 Å². The highest BCUT2D eigenvalue weighted by Gasteiger charge is 2.20. The second-order valence-electron chi connectivity index (χ2n) is 2.27. The molecule has 0 aromatic carbocycles. The summed E-state index contributed by atoms with van der Waals surface area (Å²) in [5.41, 5.74) is -0.727. The van der Waals surface area contributed by atoms with Crippen LogP contribution >= 0.6 is 0 Å². The van der Waals surface area contributed by atoms with Crippen LogP contribution in [0.2, 0.25) is 0 Å².